The van der Waals surface area contributed by atoms with E-state index in [0.29, 0.717) is 10.9 Å². The molecular formula is C19H10BrF3N4. The van der Waals surface area contributed by atoms with Crippen molar-refractivity contribution in [3.05, 3.63) is 83.0 Å². The number of rotatable bonds is 3. The van der Waals surface area contributed by atoms with Gasteiger partial charge in [-0.1, -0.05) is 15.9 Å². The van der Waals surface area contributed by atoms with Gasteiger partial charge in [-0.25, -0.2) is 28.1 Å². The summed E-state index contributed by atoms with van der Waals surface area (Å²) in [6.45, 7) is 0. The fraction of sp³-hybridized carbons (Fsp3) is 0. The summed E-state index contributed by atoms with van der Waals surface area (Å²) < 4.78 is 43.3. The van der Waals surface area contributed by atoms with Gasteiger partial charge in [-0.3, -0.25) is 4.90 Å². The van der Waals surface area contributed by atoms with E-state index >= 15 is 0 Å². The van der Waals surface area contributed by atoms with Crippen LogP contribution in [-0.2, 0) is 0 Å². The highest BCUT2D eigenvalue weighted by atomic mass is 79.9. The highest BCUT2D eigenvalue weighted by Crippen LogP contribution is 2.38. The summed E-state index contributed by atoms with van der Waals surface area (Å²) >= 11 is 3.38. The van der Waals surface area contributed by atoms with E-state index in [-0.39, 0.29) is 17.3 Å². The Labute approximate surface area is 160 Å². The van der Waals surface area contributed by atoms with Crippen molar-refractivity contribution in [2.75, 3.05) is 4.90 Å². The number of pyridine rings is 1. The number of fused-ring (bicyclic) bond motifs is 1. The van der Waals surface area contributed by atoms with Crippen molar-refractivity contribution in [2.45, 2.75) is 0 Å². The monoisotopic (exact) mass is 430 g/mol. The Morgan fingerprint density at radius 1 is 0.815 bits per heavy atom. The molecule has 0 aliphatic heterocycles. The Kier molecular flexibility index (Phi) is 4.49. The zero-order valence-corrected chi connectivity index (χ0v) is 15.2. The maximum atomic E-state index is 14.6. The first-order chi connectivity index (χ1) is 13.0. The number of benzene rings is 2. The fourth-order valence-corrected chi connectivity index (χ4v) is 3.09. The second-order valence-corrected chi connectivity index (χ2v) is 6.51. The van der Waals surface area contributed by atoms with Gasteiger partial charge in [-0.2, -0.15) is 0 Å². The Bertz CT molecular complexity index is 1150. The fourth-order valence-electron chi connectivity index (χ4n) is 2.73. The molecule has 8 heteroatoms. The van der Waals surface area contributed by atoms with Crippen LogP contribution in [-0.4, -0.2) is 15.0 Å². The second kappa shape index (κ2) is 6.96. The third-order valence-corrected chi connectivity index (χ3v) is 4.38. The van der Waals surface area contributed by atoms with Gasteiger partial charge in [0.1, 0.15) is 23.8 Å². The molecule has 0 saturated heterocycles. The summed E-state index contributed by atoms with van der Waals surface area (Å²) in [5.74, 6) is -2.25. The van der Waals surface area contributed by atoms with Crippen molar-refractivity contribution < 1.29 is 13.2 Å². The van der Waals surface area contributed by atoms with E-state index < -0.39 is 17.5 Å². The topological polar surface area (TPSA) is 41.9 Å². The molecule has 2 heterocycles. The predicted molar refractivity (Wildman–Crippen MR) is 99.6 cm³/mol. The number of halogens is 4. The van der Waals surface area contributed by atoms with Crippen LogP contribution >= 0.6 is 15.9 Å². The molecule has 4 nitrogen and oxygen atoms in total. The first kappa shape index (κ1) is 17.4. The van der Waals surface area contributed by atoms with Crippen LogP contribution < -0.4 is 4.90 Å². The van der Waals surface area contributed by atoms with Crippen LogP contribution in [0.2, 0.25) is 0 Å². The molecule has 0 aliphatic rings. The quantitative estimate of drug-likeness (QED) is 0.419. The van der Waals surface area contributed by atoms with E-state index in [1.807, 2.05) is 0 Å². The molecule has 4 rings (SSSR count). The van der Waals surface area contributed by atoms with Gasteiger partial charge in [0.25, 0.3) is 0 Å². The average molecular weight is 431 g/mol. The smallest absolute Gasteiger partial charge is 0.175 e. The van der Waals surface area contributed by atoms with Crippen molar-refractivity contribution in [1.29, 1.82) is 0 Å². The molecule has 134 valence electrons. The minimum Gasteiger partial charge on any atom is -0.273 e. The molecule has 0 amide bonds. The highest BCUT2D eigenvalue weighted by molar-refractivity contribution is 9.10. The Hall–Kier alpha value is -3.00. The molecule has 0 N–H and O–H groups in total. The largest absolute Gasteiger partial charge is 0.273 e. The predicted octanol–water partition coefficient (Wildman–Crippen LogP) is 5.67. The molecule has 2 aromatic carbocycles. The normalized spacial score (nSPS) is 11.0. The van der Waals surface area contributed by atoms with Crippen LogP contribution in [0.5, 0.6) is 0 Å². The Morgan fingerprint density at radius 2 is 1.67 bits per heavy atom. The van der Waals surface area contributed by atoms with Crippen LogP contribution in [0, 0.1) is 17.5 Å². The molecule has 0 spiro atoms. The molecule has 0 radical (unpaired) electrons. The standard InChI is InChI=1S/C19H10BrF3N4/c20-11-3-5-16-13(8-11)18(26-10-25-16)27(19-14(22)2-1-7-24-19)17-6-4-12(21)9-15(17)23/h1-10H. The van der Waals surface area contributed by atoms with Gasteiger partial charge in [0.05, 0.1) is 11.2 Å². The number of nitrogens with zero attached hydrogens (tertiary/aromatic N) is 4. The SMILES string of the molecule is Fc1ccc(N(c2ncccc2F)c2ncnc3ccc(Br)cc23)c(F)c1. The van der Waals surface area contributed by atoms with Crippen molar-refractivity contribution in [3.63, 3.8) is 0 Å². The third-order valence-electron chi connectivity index (χ3n) is 3.89. The second-order valence-electron chi connectivity index (χ2n) is 5.60. The summed E-state index contributed by atoms with van der Waals surface area (Å²) in [5.41, 5.74) is 0.487. The number of anilines is 3. The van der Waals surface area contributed by atoms with E-state index in [0.717, 1.165) is 16.6 Å². The molecule has 0 bridgehead atoms. The van der Waals surface area contributed by atoms with Crippen LogP contribution in [0.4, 0.5) is 30.5 Å². The van der Waals surface area contributed by atoms with Crippen molar-refractivity contribution in [2.24, 2.45) is 0 Å². The summed E-state index contributed by atoms with van der Waals surface area (Å²) in [4.78, 5) is 13.7. The first-order valence-electron chi connectivity index (χ1n) is 7.80. The molecule has 0 atom stereocenters. The van der Waals surface area contributed by atoms with Gasteiger partial charge in [0.2, 0.25) is 0 Å². The van der Waals surface area contributed by atoms with Gasteiger partial charge in [0, 0.05) is 22.1 Å². The zero-order chi connectivity index (χ0) is 19.0. The minimum absolute atomic E-state index is 0.0889. The van der Waals surface area contributed by atoms with Gasteiger partial charge in [0.15, 0.2) is 11.6 Å². The molecule has 27 heavy (non-hydrogen) atoms. The van der Waals surface area contributed by atoms with Crippen molar-refractivity contribution in [1.82, 2.24) is 15.0 Å². The maximum Gasteiger partial charge on any atom is 0.175 e. The Morgan fingerprint density at radius 3 is 2.44 bits per heavy atom. The van der Waals surface area contributed by atoms with E-state index in [4.69, 9.17) is 0 Å². The third kappa shape index (κ3) is 3.23. The van der Waals surface area contributed by atoms with Crippen molar-refractivity contribution >= 4 is 44.2 Å². The van der Waals surface area contributed by atoms with Crippen LogP contribution in [0.3, 0.4) is 0 Å². The summed E-state index contributed by atoms with van der Waals surface area (Å²) in [6.07, 6.45) is 2.67. The minimum atomic E-state index is -0.873. The number of aromatic nitrogens is 3. The van der Waals surface area contributed by atoms with Gasteiger partial charge in [-0.05, 0) is 42.5 Å². The molecule has 2 aromatic heterocycles. The first-order valence-corrected chi connectivity index (χ1v) is 8.60. The molecule has 0 aliphatic carbocycles. The van der Waals surface area contributed by atoms with E-state index in [1.54, 1.807) is 18.2 Å². The summed E-state index contributed by atoms with van der Waals surface area (Å²) in [7, 11) is 0. The number of hydrogen-bond acceptors (Lipinski definition) is 4. The lowest BCUT2D eigenvalue weighted by atomic mass is 10.2. The van der Waals surface area contributed by atoms with E-state index in [9.17, 15) is 13.2 Å². The molecular weight excluding hydrogens is 421 g/mol. The average Bonchev–Trinajstić information content (AvgIpc) is 2.65. The van der Waals surface area contributed by atoms with Gasteiger partial charge < -0.3 is 0 Å². The Balaban J connectivity index is 2.05. The zero-order valence-electron chi connectivity index (χ0n) is 13.6. The lowest BCUT2D eigenvalue weighted by Gasteiger charge is -2.24. The summed E-state index contributed by atoms with van der Waals surface area (Å²) in [5, 5.41) is 0.542. The lowest BCUT2D eigenvalue weighted by molar-refractivity contribution is 0.582. The van der Waals surface area contributed by atoms with Gasteiger partial charge in [-0.15, -0.1) is 0 Å². The maximum absolute atomic E-state index is 14.6. The number of hydrogen-bond donors (Lipinski definition) is 0. The van der Waals surface area contributed by atoms with Crippen LogP contribution in [0.25, 0.3) is 10.9 Å². The van der Waals surface area contributed by atoms with Crippen molar-refractivity contribution in [3.8, 4) is 0 Å². The van der Waals surface area contributed by atoms with E-state index in [1.165, 1.54) is 35.6 Å². The van der Waals surface area contributed by atoms with Crippen LogP contribution in [0.1, 0.15) is 0 Å². The lowest BCUT2D eigenvalue weighted by Crippen LogP contribution is -2.17. The molecule has 0 fully saturated rings. The highest BCUT2D eigenvalue weighted by Gasteiger charge is 2.24. The van der Waals surface area contributed by atoms with Gasteiger partial charge >= 0.3 is 0 Å². The molecule has 4 aromatic rings. The summed E-state index contributed by atoms with van der Waals surface area (Å²) in [6, 6.07) is 10.9. The van der Waals surface area contributed by atoms with Crippen LogP contribution in [0.15, 0.2) is 65.5 Å². The molecule has 0 unspecified atom stereocenters. The molecule has 0 saturated carbocycles. The van der Waals surface area contributed by atoms with E-state index in [2.05, 4.69) is 30.9 Å².